The number of rotatable bonds is 2. The molecule has 0 N–H and O–H groups in total. The van der Waals surface area contributed by atoms with Crippen molar-refractivity contribution in [3.63, 3.8) is 0 Å². The van der Waals surface area contributed by atoms with Crippen molar-refractivity contribution in [2.45, 2.75) is 13.3 Å². The Labute approximate surface area is 76.0 Å². The van der Waals surface area contributed by atoms with Gasteiger partial charge in [0.1, 0.15) is 0 Å². The fraction of sp³-hybridized carbons (Fsp3) is 0.455. The molecule has 1 nitrogen and oxygen atoms in total. The predicted molar refractivity (Wildman–Crippen MR) is 55.3 cm³/mol. The topological polar surface area (TPSA) is 3.24 Å². The molecule has 0 aliphatic carbocycles. The highest BCUT2D eigenvalue weighted by Crippen LogP contribution is 1.79. The molecule has 68 valence electrons. The molecule has 0 aromatic heterocycles. The molecule has 12 heavy (non-hydrogen) atoms. The van der Waals surface area contributed by atoms with Gasteiger partial charge in [0, 0.05) is 0 Å². The van der Waals surface area contributed by atoms with Gasteiger partial charge in [-0.25, -0.2) is 0 Å². The van der Waals surface area contributed by atoms with Gasteiger partial charge in [-0.15, -0.1) is 0 Å². The van der Waals surface area contributed by atoms with Crippen LogP contribution in [0, 0.1) is 0 Å². The third-order valence-corrected chi connectivity index (χ3v) is 1.34. The third kappa shape index (κ3) is 9.18. The largest absolute Gasteiger partial charge is 0.309 e. The summed E-state index contributed by atoms with van der Waals surface area (Å²) in [6, 6.07) is 12.0. The van der Waals surface area contributed by atoms with Crippen LogP contribution in [0.25, 0.3) is 0 Å². The SMILES string of the molecule is CCCN(C)C.c1ccccc1. The molecule has 0 radical (unpaired) electrons. The molecule has 0 unspecified atom stereocenters. The maximum atomic E-state index is 2.18. The van der Waals surface area contributed by atoms with Crippen molar-refractivity contribution in [2.75, 3.05) is 20.6 Å². The molecule has 0 heterocycles. The second kappa shape index (κ2) is 8.28. The van der Waals surface area contributed by atoms with Crippen LogP contribution in [-0.4, -0.2) is 25.5 Å². The van der Waals surface area contributed by atoms with Crippen molar-refractivity contribution in [3.8, 4) is 0 Å². The first kappa shape index (κ1) is 11.2. The molecule has 0 aliphatic rings. The van der Waals surface area contributed by atoms with Crippen LogP contribution in [0.1, 0.15) is 13.3 Å². The smallest absolute Gasteiger partial charge is 0.00275 e. The van der Waals surface area contributed by atoms with Crippen LogP contribution in [-0.2, 0) is 0 Å². The van der Waals surface area contributed by atoms with E-state index in [0.29, 0.717) is 0 Å². The molecule has 0 bridgehead atoms. The Balaban J connectivity index is 0.000000202. The Kier molecular flexibility index (Phi) is 7.71. The molecule has 0 saturated heterocycles. The minimum atomic E-state index is 1.21. The fourth-order valence-electron chi connectivity index (χ4n) is 0.832. The van der Waals surface area contributed by atoms with Crippen molar-refractivity contribution < 1.29 is 0 Å². The summed E-state index contributed by atoms with van der Waals surface area (Å²) < 4.78 is 0. The summed E-state index contributed by atoms with van der Waals surface area (Å²) in [6.45, 7) is 3.39. The molecular formula is C11H19N. The highest BCUT2D eigenvalue weighted by molar-refractivity contribution is 4.99. The zero-order valence-electron chi connectivity index (χ0n) is 8.33. The van der Waals surface area contributed by atoms with Crippen LogP contribution < -0.4 is 0 Å². The summed E-state index contributed by atoms with van der Waals surface area (Å²) in [6.07, 6.45) is 1.26. The Morgan fingerprint density at radius 3 is 1.25 bits per heavy atom. The van der Waals surface area contributed by atoms with Gasteiger partial charge in [0.15, 0.2) is 0 Å². The molecule has 0 saturated carbocycles. The average Bonchev–Trinajstić information content (AvgIpc) is 2.08. The van der Waals surface area contributed by atoms with Gasteiger partial charge >= 0.3 is 0 Å². The summed E-state index contributed by atoms with van der Waals surface area (Å²) in [5.41, 5.74) is 0. The normalized spacial score (nSPS) is 9.00. The van der Waals surface area contributed by atoms with Crippen LogP contribution in [0.3, 0.4) is 0 Å². The van der Waals surface area contributed by atoms with Gasteiger partial charge in [-0.2, -0.15) is 0 Å². The van der Waals surface area contributed by atoms with Crippen LogP contribution in [0.15, 0.2) is 36.4 Å². The van der Waals surface area contributed by atoms with E-state index in [-0.39, 0.29) is 0 Å². The molecule has 0 aliphatic heterocycles. The maximum Gasteiger partial charge on any atom is -0.00275 e. The number of hydrogen-bond acceptors (Lipinski definition) is 1. The van der Waals surface area contributed by atoms with Crippen molar-refractivity contribution in [1.82, 2.24) is 4.90 Å². The average molecular weight is 165 g/mol. The molecule has 0 atom stereocenters. The predicted octanol–water partition coefficient (Wildman–Crippen LogP) is 2.64. The molecule has 1 heteroatoms. The van der Waals surface area contributed by atoms with Crippen molar-refractivity contribution in [2.24, 2.45) is 0 Å². The van der Waals surface area contributed by atoms with Gasteiger partial charge < -0.3 is 4.90 Å². The van der Waals surface area contributed by atoms with Crippen molar-refractivity contribution in [1.29, 1.82) is 0 Å². The molecule has 1 aromatic rings. The number of nitrogens with zero attached hydrogens (tertiary/aromatic N) is 1. The Morgan fingerprint density at radius 2 is 1.17 bits per heavy atom. The van der Waals surface area contributed by atoms with Crippen LogP contribution in [0.5, 0.6) is 0 Å². The highest BCUT2D eigenvalue weighted by Gasteiger charge is 1.79. The summed E-state index contributed by atoms with van der Waals surface area (Å²) >= 11 is 0. The van der Waals surface area contributed by atoms with E-state index < -0.39 is 0 Å². The molecule has 1 aromatic carbocycles. The molecule has 0 amide bonds. The molecular weight excluding hydrogens is 146 g/mol. The van der Waals surface area contributed by atoms with Gasteiger partial charge in [0.2, 0.25) is 0 Å². The highest BCUT2D eigenvalue weighted by atomic mass is 15.0. The van der Waals surface area contributed by atoms with Crippen LogP contribution in [0.2, 0.25) is 0 Å². The van der Waals surface area contributed by atoms with Crippen LogP contribution >= 0.6 is 0 Å². The lowest BCUT2D eigenvalue weighted by Gasteiger charge is -2.03. The summed E-state index contributed by atoms with van der Waals surface area (Å²) in [7, 11) is 4.17. The second-order valence-electron chi connectivity index (χ2n) is 2.96. The first-order valence-electron chi connectivity index (χ1n) is 4.42. The van der Waals surface area contributed by atoms with Gasteiger partial charge in [-0.1, -0.05) is 43.3 Å². The van der Waals surface area contributed by atoms with Crippen molar-refractivity contribution >= 4 is 0 Å². The second-order valence-corrected chi connectivity index (χ2v) is 2.96. The van der Waals surface area contributed by atoms with Gasteiger partial charge in [-0.05, 0) is 27.1 Å². The van der Waals surface area contributed by atoms with Gasteiger partial charge in [0.25, 0.3) is 0 Å². The Morgan fingerprint density at radius 1 is 0.833 bits per heavy atom. The van der Waals surface area contributed by atoms with E-state index in [4.69, 9.17) is 0 Å². The van der Waals surface area contributed by atoms with E-state index >= 15 is 0 Å². The van der Waals surface area contributed by atoms with E-state index in [1.54, 1.807) is 0 Å². The lowest BCUT2D eigenvalue weighted by atomic mass is 10.4. The lowest BCUT2D eigenvalue weighted by molar-refractivity contribution is 0.408. The van der Waals surface area contributed by atoms with E-state index in [0.717, 1.165) is 0 Å². The zero-order chi connectivity index (χ0) is 9.23. The fourth-order valence-corrected chi connectivity index (χ4v) is 0.832. The van der Waals surface area contributed by atoms with E-state index in [1.165, 1.54) is 13.0 Å². The maximum absolute atomic E-state index is 2.18. The summed E-state index contributed by atoms with van der Waals surface area (Å²) in [5, 5.41) is 0. The monoisotopic (exact) mass is 165 g/mol. The lowest BCUT2D eigenvalue weighted by Crippen LogP contribution is -2.11. The van der Waals surface area contributed by atoms with Gasteiger partial charge in [0.05, 0.1) is 0 Å². The molecule has 1 rings (SSSR count). The molecule has 0 fully saturated rings. The number of hydrogen-bond donors (Lipinski definition) is 0. The first-order chi connectivity index (χ1) is 5.77. The van der Waals surface area contributed by atoms with Gasteiger partial charge in [-0.3, -0.25) is 0 Å². The van der Waals surface area contributed by atoms with Crippen molar-refractivity contribution in [3.05, 3.63) is 36.4 Å². The summed E-state index contributed by atoms with van der Waals surface area (Å²) in [5.74, 6) is 0. The zero-order valence-corrected chi connectivity index (χ0v) is 8.33. The first-order valence-corrected chi connectivity index (χ1v) is 4.42. The standard InChI is InChI=1S/C6H6.C5H13N/c1-2-4-6-5-3-1;1-4-5-6(2)3/h1-6H;4-5H2,1-3H3. The minimum Gasteiger partial charge on any atom is -0.309 e. The number of benzene rings is 1. The molecule has 0 spiro atoms. The summed E-state index contributed by atoms with van der Waals surface area (Å²) in [4.78, 5) is 2.18. The van der Waals surface area contributed by atoms with E-state index in [2.05, 4.69) is 25.9 Å². The van der Waals surface area contributed by atoms with E-state index in [9.17, 15) is 0 Å². The Bertz CT molecular complexity index is 131. The third-order valence-electron chi connectivity index (χ3n) is 1.34. The van der Waals surface area contributed by atoms with Crippen LogP contribution in [0.4, 0.5) is 0 Å². The minimum absolute atomic E-state index is 1.21. The quantitative estimate of drug-likeness (QED) is 0.651. The Hall–Kier alpha value is -0.820. The van der Waals surface area contributed by atoms with E-state index in [1.807, 2.05) is 36.4 Å².